The second-order valence-electron chi connectivity index (χ2n) is 3.63. The van der Waals surface area contributed by atoms with E-state index in [9.17, 15) is 4.79 Å². The van der Waals surface area contributed by atoms with E-state index in [1.807, 2.05) is 0 Å². The fraction of sp³-hybridized carbons (Fsp3) is 0. The molecule has 2 rings (SSSR count). The summed E-state index contributed by atoms with van der Waals surface area (Å²) in [4.78, 5) is 16.0. The van der Waals surface area contributed by atoms with Crippen molar-refractivity contribution in [3.05, 3.63) is 57.3 Å². The Morgan fingerprint density at radius 3 is 2.11 bits per heavy atom. The number of carbonyl (C=O) groups excluding carboxylic acids is 1. The number of hydrogen-bond acceptors (Lipinski definition) is 3. The van der Waals surface area contributed by atoms with Crippen LogP contribution in [0.2, 0.25) is 15.1 Å². The highest BCUT2D eigenvalue weighted by molar-refractivity contribution is 6.40. The van der Waals surface area contributed by atoms with Crippen LogP contribution in [0.5, 0.6) is 0 Å². The zero-order valence-corrected chi connectivity index (χ0v) is 11.7. The Morgan fingerprint density at radius 1 is 1.05 bits per heavy atom. The molecule has 0 unspecified atom stereocenters. The maximum absolute atomic E-state index is 12.2. The van der Waals surface area contributed by atoms with Gasteiger partial charge in [0.15, 0.2) is 0 Å². The summed E-state index contributed by atoms with van der Waals surface area (Å²) in [5.41, 5.74) is 0.578. The summed E-state index contributed by atoms with van der Waals surface area (Å²) in [5, 5.41) is 1.78. The van der Waals surface area contributed by atoms with E-state index in [1.165, 1.54) is 12.4 Å². The van der Waals surface area contributed by atoms with Crippen LogP contribution in [0.1, 0.15) is 10.4 Å². The Balaban J connectivity index is 2.36. The minimum Gasteiger partial charge on any atom is -0.267 e. The minimum atomic E-state index is -0.528. The van der Waals surface area contributed by atoms with Crippen LogP contribution in [-0.4, -0.2) is 10.9 Å². The van der Waals surface area contributed by atoms with E-state index in [2.05, 4.69) is 4.98 Å². The molecule has 1 aromatic heterocycles. The SMILES string of the molecule is NN(C(=O)c1c(Cl)cncc1Cl)c1ccc(Cl)cc1. The zero-order valence-electron chi connectivity index (χ0n) is 9.48. The quantitative estimate of drug-likeness (QED) is 0.523. The lowest BCUT2D eigenvalue weighted by molar-refractivity contribution is 0.0987. The molecule has 19 heavy (non-hydrogen) atoms. The van der Waals surface area contributed by atoms with Crippen molar-refractivity contribution in [2.75, 3.05) is 5.01 Å². The Kier molecular flexibility index (Phi) is 4.27. The average molecular weight is 317 g/mol. The van der Waals surface area contributed by atoms with Crippen molar-refractivity contribution < 1.29 is 4.79 Å². The number of nitrogens with two attached hydrogens (primary N) is 1. The van der Waals surface area contributed by atoms with Crippen LogP contribution in [-0.2, 0) is 0 Å². The van der Waals surface area contributed by atoms with Gasteiger partial charge in [-0.2, -0.15) is 0 Å². The molecule has 2 N–H and O–H groups in total. The summed E-state index contributed by atoms with van der Waals surface area (Å²) in [6.07, 6.45) is 2.66. The van der Waals surface area contributed by atoms with E-state index >= 15 is 0 Å². The van der Waals surface area contributed by atoms with E-state index in [-0.39, 0.29) is 15.6 Å². The fourth-order valence-corrected chi connectivity index (χ4v) is 2.11. The Morgan fingerprint density at radius 2 is 1.58 bits per heavy atom. The molecule has 0 fully saturated rings. The van der Waals surface area contributed by atoms with Gasteiger partial charge in [-0.3, -0.25) is 9.78 Å². The molecule has 0 radical (unpaired) electrons. The van der Waals surface area contributed by atoms with Crippen molar-refractivity contribution in [3.63, 3.8) is 0 Å². The van der Waals surface area contributed by atoms with Crippen LogP contribution in [0.25, 0.3) is 0 Å². The van der Waals surface area contributed by atoms with Crippen molar-refractivity contribution in [2.24, 2.45) is 5.84 Å². The molecule has 0 saturated heterocycles. The van der Waals surface area contributed by atoms with Crippen LogP contribution < -0.4 is 10.9 Å². The number of anilines is 1. The number of rotatable bonds is 2. The molecule has 1 heterocycles. The molecule has 1 aromatic carbocycles. The van der Waals surface area contributed by atoms with Crippen LogP contribution in [0.15, 0.2) is 36.7 Å². The number of halogens is 3. The maximum Gasteiger partial charge on any atom is 0.275 e. The van der Waals surface area contributed by atoms with Crippen molar-refractivity contribution >= 4 is 46.4 Å². The molecule has 0 spiro atoms. The number of nitrogens with zero attached hydrogens (tertiary/aromatic N) is 2. The zero-order chi connectivity index (χ0) is 14.0. The van der Waals surface area contributed by atoms with E-state index in [4.69, 9.17) is 40.6 Å². The van der Waals surface area contributed by atoms with Crippen molar-refractivity contribution in [3.8, 4) is 0 Å². The summed E-state index contributed by atoms with van der Waals surface area (Å²) in [6.45, 7) is 0. The number of amides is 1. The van der Waals surface area contributed by atoms with Gasteiger partial charge >= 0.3 is 0 Å². The van der Waals surface area contributed by atoms with E-state index < -0.39 is 5.91 Å². The van der Waals surface area contributed by atoms with Gasteiger partial charge in [-0.15, -0.1) is 0 Å². The lowest BCUT2D eigenvalue weighted by Crippen LogP contribution is -2.37. The normalized spacial score (nSPS) is 10.3. The Labute approximate surface area is 124 Å². The van der Waals surface area contributed by atoms with Gasteiger partial charge < -0.3 is 0 Å². The molecule has 1 amide bonds. The number of hydrogen-bond donors (Lipinski definition) is 1. The number of benzene rings is 1. The Hall–Kier alpha value is -1.33. The van der Waals surface area contributed by atoms with E-state index in [0.29, 0.717) is 10.7 Å². The molecular weight excluding hydrogens is 309 g/mol. The Bertz CT molecular complexity index is 596. The molecular formula is C12H8Cl3N3O. The first kappa shape index (κ1) is 14.1. The van der Waals surface area contributed by atoms with Crippen LogP contribution in [0, 0.1) is 0 Å². The van der Waals surface area contributed by atoms with Gasteiger partial charge in [0.25, 0.3) is 5.91 Å². The highest BCUT2D eigenvalue weighted by Gasteiger charge is 2.20. The summed E-state index contributed by atoms with van der Waals surface area (Å²) < 4.78 is 0. The standard InChI is InChI=1S/C12H8Cl3N3O/c13-7-1-3-8(4-2-7)18(16)12(19)11-9(14)5-17-6-10(11)15/h1-6H,16H2. The van der Waals surface area contributed by atoms with E-state index in [0.717, 1.165) is 5.01 Å². The summed E-state index contributed by atoms with van der Waals surface area (Å²) in [7, 11) is 0. The predicted octanol–water partition coefficient (Wildman–Crippen LogP) is 3.56. The van der Waals surface area contributed by atoms with Crippen LogP contribution >= 0.6 is 34.8 Å². The third kappa shape index (κ3) is 2.98. The van der Waals surface area contributed by atoms with Gasteiger partial charge in [-0.1, -0.05) is 34.8 Å². The summed E-state index contributed by atoms with van der Waals surface area (Å²) >= 11 is 17.6. The third-order valence-electron chi connectivity index (χ3n) is 2.39. The first-order chi connectivity index (χ1) is 9.00. The number of aromatic nitrogens is 1. The average Bonchev–Trinajstić information content (AvgIpc) is 2.38. The molecule has 2 aromatic rings. The smallest absolute Gasteiger partial charge is 0.267 e. The topological polar surface area (TPSA) is 59.2 Å². The highest BCUT2D eigenvalue weighted by Crippen LogP contribution is 2.26. The van der Waals surface area contributed by atoms with Crippen molar-refractivity contribution in [1.82, 2.24) is 4.98 Å². The van der Waals surface area contributed by atoms with Crippen LogP contribution in [0.3, 0.4) is 0 Å². The lowest BCUT2D eigenvalue weighted by atomic mass is 10.2. The molecule has 0 atom stereocenters. The van der Waals surface area contributed by atoms with Gasteiger partial charge in [0.1, 0.15) is 0 Å². The molecule has 0 aliphatic rings. The second-order valence-corrected chi connectivity index (χ2v) is 4.88. The number of pyridine rings is 1. The summed E-state index contributed by atoms with van der Waals surface area (Å²) in [5.74, 6) is 5.23. The fourth-order valence-electron chi connectivity index (χ4n) is 1.46. The number of carbonyl (C=O) groups is 1. The van der Waals surface area contributed by atoms with Crippen molar-refractivity contribution in [2.45, 2.75) is 0 Å². The molecule has 98 valence electrons. The first-order valence-corrected chi connectivity index (χ1v) is 6.28. The molecule has 7 heteroatoms. The highest BCUT2D eigenvalue weighted by atomic mass is 35.5. The van der Waals surface area contributed by atoms with Gasteiger partial charge in [0, 0.05) is 17.4 Å². The van der Waals surface area contributed by atoms with E-state index in [1.54, 1.807) is 24.3 Å². The first-order valence-electron chi connectivity index (χ1n) is 5.14. The molecule has 0 aliphatic heterocycles. The van der Waals surface area contributed by atoms with Gasteiger partial charge in [-0.05, 0) is 24.3 Å². The largest absolute Gasteiger partial charge is 0.275 e. The molecule has 0 aliphatic carbocycles. The van der Waals surface area contributed by atoms with Gasteiger partial charge in [-0.25, -0.2) is 10.9 Å². The van der Waals surface area contributed by atoms with Gasteiger partial charge in [0.05, 0.1) is 21.3 Å². The maximum atomic E-state index is 12.2. The van der Waals surface area contributed by atoms with Gasteiger partial charge in [0.2, 0.25) is 0 Å². The third-order valence-corrected chi connectivity index (χ3v) is 3.22. The summed E-state index contributed by atoms with van der Waals surface area (Å²) in [6, 6.07) is 6.48. The monoisotopic (exact) mass is 315 g/mol. The molecule has 4 nitrogen and oxygen atoms in total. The number of hydrazine groups is 1. The second kappa shape index (κ2) is 5.75. The minimum absolute atomic E-state index is 0.107. The predicted molar refractivity (Wildman–Crippen MR) is 76.7 cm³/mol. The van der Waals surface area contributed by atoms with Crippen molar-refractivity contribution in [1.29, 1.82) is 0 Å². The molecule has 0 bridgehead atoms. The molecule has 0 saturated carbocycles. The lowest BCUT2D eigenvalue weighted by Gasteiger charge is -2.17. The van der Waals surface area contributed by atoms with Crippen LogP contribution in [0.4, 0.5) is 5.69 Å².